The van der Waals surface area contributed by atoms with Gasteiger partial charge in [-0.2, -0.15) is 0 Å². The molecule has 1 aromatic carbocycles. The molecule has 0 amide bonds. The van der Waals surface area contributed by atoms with Gasteiger partial charge in [-0.25, -0.2) is 0 Å². The van der Waals surface area contributed by atoms with E-state index in [-0.39, 0.29) is 18.0 Å². The van der Waals surface area contributed by atoms with Crippen molar-refractivity contribution in [3.05, 3.63) is 53.9 Å². The van der Waals surface area contributed by atoms with Gasteiger partial charge in [-0.3, -0.25) is 9.98 Å². The van der Waals surface area contributed by atoms with Gasteiger partial charge < -0.3 is 24.5 Å². The fourth-order valence-corrected chi connectivity index (χ4v) is 4.56. The number of benzene rings is 1. The normalized spacial score (nSPS) is 18.7. The predicted molar refractivity (Wildman–Crippen MR) is 121 cm³/mol. The lowest BCUT2D eigenvalue weighted by Gasteiger charge is -2.25. The summed E-state index contributed by atoms with van der Waals surface area (Å²) in [5.74, 6) is 0.279. The van der Waals surface area contributed by atoms with E-state index in [9.17, 15) is 5.11 Å². The second kappa shape index (κ2) is 8.69. The molecule has 5 rings (SSSR count). The molecule has 2 aliphatic heterocycles. The van der Waals surface area contributed by atoms with E-state index in [0.29, 0.717) is 33.0 Å². The van der Waals surface area contributed by atoms with Gasteiger partial charge in [0.2, 0.25) is 5.88 Å². The first-order valence-electron chi connectivity index (χ1n) is 11.0. The number of pyridine rings is 1. The van der Waals surface area contributed by atoms with Crippen molar-refractivity contribution in [3.8, 4) is 5.88 Å². The molecule has 0 aliphatic carbocycles. The van der Waals surface area contributed by atoms with Crippen LogP contribution in [0, 0.1) is 0 Å². The minimum absolute atomic E-state index is 0.0589. The van der Waals surface area contributed by atoms with Crippen LogP contribution in [0.2, 0.25) is 0 Å². The molecular formula is C24H28N4O3. The summed E-state index contributed by atoms with van der Waals surface area (Å²) in [5.41, 5.74) is 4.58. The van der Waals surface area contributed by atoms with Gasteiger partial charge in [-0.15, -0.1) is 0 Å². The smallest absolute Gasteiger partial charge is 0.201 e. The van der Waals surface area contributed by atoms with Crippen LogP contribution in [0.3, 0.4) is 0 Å². The van der Waals surface area contributed by atoms with Crippen molar-refractivity contribution < 1.29 is 14.6 Å². The van der Waals surface area contributed by atoms with Crippen LogP contribution in [0.25, 0.3) is 10.9 Å². The average Bonchev–Trinajstić information content (AvgIpc) is 3.11. The summed E-state index contributed by atoms with van der Waals surface area (Å²) in [6.45, 7) is 5.18. The number of hydrogen-bond acceptors (Lipinski definition) is 6. The molecule has 1 fully saturated rings. The van der Waals surface area contributed by atoms with Gasteiger partial charge in [0, 0.05) is 36.5 Å². The lowest BCUT2D eigenvalue weighted by atomic mass is 10.1. The lowest BCUT2D eigenvalue weighted by molar-refractivity contribution is 0.0688. The van der Waals surface area contributed by atoms with Crippen molar-refractivity contribution in [1.82, 2.24) is 9.55 Å². The molecule has 31 heavy (non-hydrogen) atoms. The minimum Gasteiger partial charge on any atom is -0.494 e. The number of hydrogen-bond donors (Lipinski definition) is 2. The third-order valence-corrected chi connectivity index (χ3v) is 6.11. The Hall–Kier alpha value is -2.90. The van der Waals surface area contributed by atoms with E-state index in [1.165, 1.54) is 0 Å². The van der Waals surface area contributed by atoms with Crippen molar-refractivity contribution in [2.24, 2.45) is 4.99 Å². The Morgan fingerprint density at radius 1 is 1.13 bits per heavy atom. The third-order valence-electron chi connectivity index (χ3n) is 6.11. The monoisotopic (exact) mass is 420 g/mol. The van der Waals surface area contributed by atoms with Crippen molar-refractivity contribution in [2.75, 3.05) is 38.3 Å². The number of fused-ring (bicyclic) bond motifs is 1. The van der Waals surface area contributed by atoms with E-state index >= 15 is 0 Å². The molecule has 1 unspecified atom stereocenters. The Kier molecular flexibility index (Phi) is 5.61. The number of nitrogens with zero attached hydrogens (tertiary/aromatic N) is 3. The number of aliphatic imine (C=N–C) groups is 1. The van der Waals surface area contributed by atoms with Gasteiger partial charge in [-0.1, -0.05) is 6.07 Å². The number of nitrogens with one attached hydrogen (secondary N) is 1. The zero-order valence-electron chi connectivity index (χ0n) is 17.8. The molecule has 0 radical (unpaired) electrons. The number of rotatable bonds is 5. The van der Waals surface area contributed by atoms with Crippen LogP contribution >= 0.6 is 0 Å². The molecular weight excluding hydrogens is 392 g/mol. The molecule has 3 aromatic rings. The average molecular weight is 421 g/mol. The first kappa shape index (κ1) is 20.0. The molecule has 0 saturated carbocycles. The second-order valence-corrected chi connectivity index (χ2v) is 8.15. The Balaban J connectivity index is 1.58. The van der Waals surface area contributed by atoms with Crippen molar-refractivity contribution >= 4 is 22.3 Å². The Labute approximate surface area is 181 Å². The highest BCUT2D eigenvalue weighted by molar-refractivity contribution is 6.14. The summed E-state index contributed by atoms with van der Waals surface area (Å²) < 4.78 is 13.3. The second-order valence-electron chi connectivity index (χ2n) is 8.15. The Bertz CT molecular complexity index is 1090. The SMILES string of the molecule is CC(Nc1ccc2c(c1)c(C1=NCCOC1)c(O)n2C1CCOCC1)c1ccccn1. The highest BCUT2D eigenvalue weighted by Crippen LogP contribution is 2.39. The van der Waals surface area contributed by atoms with Gasteiger partial charge in [-0.05, 0) is 50.1 Å². The lowest BCUT2D eigenvalue weighted by Crippen LogP contribution is -2.20. The topological polar surface area (TPSA) is 80.9 Å². The number of anilines is 1. The minimum atomic E-state index is 0.0589. The van der Waals surface area contributed by atoms with Gasteiger partial charge in [0.1, 0.15) is 0 Å². The van der Waals surface area contributed by atoms with E-state index in [0.717, 1.165) is 46.4 Å². The number of aromatic hydroxyl groups is 1. The quantitative estimate of drug-likeness (QED) is 0.650. The van der Waals surface area contributed by atoms with Crippen LogP contribution in [0.5, 0.6) is 5.88 Å². The largest absolute Gasteiger partial charge is 0.494 e. The zero-order valence-corrected chi connectivity index (χ0v) is 17.8. The van der Waals surface area contributed by atoms with E-state index < -0.39 is 0 Å². The highest BCUT2D eigenvalue weighted by Gasteiger charge is 2.27. The van der Waals surface area contributed by atoms with E-state index in [4.69, 9.17) is 9.47 Å². The number of aromatic nitrogens is 2. The van der Waals surface area contributed by atoms with Gasteiger partial charge in [0.25, 0.3) is 0 Å². The summed E-state index contributed by atoms with van der Waals surface area (Å²) in [7, 11) is 0. The maximum atomic E-state index is 11.3. The molecule has 1 atom stereocenters. The standard InChI is InChI=1S/C24H28N4O3/c1-16(20-4-2-3-9-25-20)27-17-5-6-22-19(14-17)23(21-15-31-13-10-26-21)24(29)28(22)18-7-11-30-12-8-18/h2-6,9,14,16,18,27,29H,7-8,10-13,15H2,1H3. The third kappa shape index (κ3) is 3.91. The molecule has 7 heteroatoms. The fraction of sp³-hybridized carbons (Fsp3) is 0.417. The first-order chi connectivity index (χ1) is 15.2. The first-order valence-corrected chi connectivity index (χ1v) is 11.0. The molecule has 0 spiro atoms. The van der Waals surface area contributed by atoms with E-state index in [2.05, 4.69) is 45.0 Å². The summed E-state index contributed by atoms with van der Waals surface area (Å²) in [6, 6.07) is 12.5. The molecule has 7 nitrogen and oxygen atoms in total. The van der Waals surface area contributed by atoms with Gasteiger partial charge in [0.05, 0.1) is 48.3 Å². The fourth-order valence-electron chi connectivity index (χ4n) is 4.56. The Morgan fingerprint density at radius 3 is 2.74 bits per heavy atom. The maximum Gasteiger partial charge on any atom is 0.201 e. The summed E-state index contributed by atoms with van der Waals surface area (Å²) in [4.78, 5) is 9.12. The van der Waals surface area contributed by atoms with Crippen LogP contribution in [0.1, 0.15) is 43.1 Å². The predicted octanol–water partition coefficient (Wildman–Crippen LogP) is 4.09. The summed E-state index contributed by atoms with van der Waals surface area (Å²) in [6.07, 6.45) is 3.58. The van der Waals surface area contributed by atoms with E-state index in [1.807, 2.05) is 24.4 Å². The zero-order chi connectivity index (χ0) is 21.2. The highest BCUT2D eigenvalue weighted by atomic mass is 16.5. The van der Waals surface area contributed by atoms with E-state index in [1.54, 1.807) is 0 Å². The molecule has 2 N–H and O–H groups in total. The molecule has 162 valence electrons. The molecule has 2 aromatic heterocycles. The Morgan fingerprint density at radius 2 is 2.00 bits per heavy atom. The van der Waals surface area contributed by atoms with Crippen molar-refractivity contribution in [2.45, 2.75) is 31.8 Å². The van der Waals surface area contributed by atoms with Crippen LogP contribution in [-0.4, -0.2) is 53.3 Å². The molecule has 4 heterocycles. The molecule has 1 saturated heterocycles. The van der Waals surface area contributed by atoms with Crippen LogP contribution in [-0.2, 0) is 9.47 Å². The van der Waals surface area contributed by atoms with Crippen molar-refractivity contribution in [3.63, 3.8) is 0 Å². The van der Waals surface area contributed by atoms with Crippen LogP contribution < -0.4 is 5.32 Å². The molecule has 2 aliphatic rings. The van der Waals surface area contributed by atoms with Gasteiger partial charge >= 0.3 is 0 Å². The van der Waals surface area contributed by atoms with Crippen LogP contribution in [0.4, 0.5) is 5.69 Å². The summed E-state index contributed by atoms with van der Waals surface area (Å²) >= 11 is 0. The van der Waals surface area contributed by atoms with Gasteiger partial charge in [0.15, 0.2) is 0 Å². The summed E-state index contributed by atoms with van der Waals surface area (Å²) in [5, 5.41) is 15.9. The molecule has 0 bridgehead atoms. The van der Waals surface area contributed by atoms with Crippen LogP contribution in [0.15, 0.2) is 47.6 Å². The maximum absolute atomic E-state index is 11.3. The number of ether oxygens (including phenoxy) is 2. The van der Waals surface area contributed by atoms with Crippen molar-refractivity contribution in [1.29, 1.82) is 0 Å².